The van der Waals surface area contributed by atoms with Gasteiger partial charge in [-0.25, -0.2) is 9.59 Å². The third-order valence-electron chi connectivity index (χ3n) is 2.79. The Bertz CT molecular complexity index is 309. The van der Waals surface area contributed by atoms with Crippen molar-refractivity contribution in [3.63, 3.8) is 0 Å². The summed E-state index contributed by atoms with van der Waals surface area (Å²) in [5, 5.41) is 2.63. The lowest BCUT2D eigenvalue weighted by molar-refractivity contribution is -0.147. The Morgan fingerprint density at radius 2 is 1.80 bits per heavy atom. The van der Waals surface area contributed by atoms with Crippen LogP contribution in [0.2, 0.25) is 0 Å². The van der Waals surface area contributed by atoms with Crippen LogP contribution in [-0.4, -0.2) is 30.3 Å². The normalized spacial score (nSPS) is 14.3. The second-order valence-electron chi connectivity index (χ2n) is 6.00. The lowest BCUT2D eigenvalue weighted by Gasteiger charge is -2.26. The number of carbonyl (C=O) groups is 2. The van der Waals surface area contributed by atoms with Crippen LogP contribution in [0.15, 0.2) is 0 Å². The number of esters is 1. The van der Waals surface area contributed by atoms with Crippen LogP contribution in [-0.2, 0) is 14.3 Å². The van der Waals surface area contributed by atoms with E-state index in [1.165, 1.54) is 0 Å². The molecule has 0 rings (SSSR count). The van der Waals surface area contributed by atoms with E-state index in [-0.39, 0.29) is 5.92 Å². The summed E-state index contributed by atoms with van der Waals surface area (Å²) in [6.45, 7) is 11.4. The summed E-state index contributed by atoms with van der Waals surface area (Å²) in [6, 6.07) is -0.656. The Hall–Kier alpha value is -1.26. The second kappa shape index (κ2) is 8.82. The number of amides is 1. The van der Waals surface area contributed by atoms with E-state index < -0.39 is 23.7 Å². The minimum atomic E-state index is -0.656. The van der Waals surface area contributed by atoms with Gasteiger partial charge < -0.3 is 14.8 Å². The molecule has 1 amide bonds. The van der Waals surface area contributed by atoms with Gasteiger partial charge in [-0.05, 0) is 40.0 Å². The summed E-state index contributed by atoms with van der Waals surface area (Å²) >= 11 is 0. The number of hydrogen-bond donors (Lipinski definition) is 1. The van der Waals surface area contributed by atoms with Crippen LogP contribution in [0.4, 0.5) is 4.79 Å². The van der Waals surface area contributed by atoms with Crippen molar-refractivity contribution in [3.8, 4) is 0 Å². The first-order valence-corrected chi connectivity index (χ1v) is 7.37. The zero-order chi connectivity index (χ0) is 15.8. The van der Waals surface area contributed by atoms with E-state index in [4.69, 9.17) is 9.47 Å². The summed E-state index contributed by atoms with van der Waals surface area (Å²) in [4.78, 5) is 23.8. The zero-order valence-corrected chi connectivity index (χ0v) is 13.6. The molecule has 0 heterocycles. The number of alkyl carbamates (subject to hydrolysis) is 1. The van der Waals surface area contributed by atoms with Crippen molar-refractivity contribution >= 4 is 12.1 Å². The quantitative estimate of drug-likeness (QED) is 0.730. The number of ether oxygens (including phenoxy) is 2. The maximum atomic E-state index is 12.0. The molecule has 0 bridgehead atoms. The molecule has 0 aliphatic rings. The summed E-state index contributed by atoms with van der Waals surface area (Å²) in [7, 11) is 0. The Morgan fingerprint density at radius 3 is 2.25 bits per heavy atom. The summed E-state index contributed by atoms with van der Waals surface area (Å²) < 4.78 is 10.2. The summed E-state index contributed by atoms with van der Waals surface area (Å²) in [5.74, 6) is -0.386. The van der Waals surface area contributed by atoms with Gasteiger partial charge in [0.05, 0.1) is 6.61 Å². The van der Waals surface area contributed by atoms with E-state index in [1.807, 2.05) is 6.92 Å². The highest BCUT2D eigenvalue weighted by Crippen LogP contribution is 2.15. The molecule has 0 radical (unpaired) electrons. The number of rotatable bonds is 7. The number of carbonyl (C=O) groups excluding carboxylic acids is 2. The summed E-state index contributed by atoms with van der Waals surface area (Å²) in [5.41, 5.74) is -0.587. The van der Waals surface area contributed by atoms with Crippen molar-refractivity contribution < 1.29 is 19.1 Å². The molecular formula is C15H29NO4. The lowest BCUT2D eigenvalue weighted by atomic mass is 9.96. The van der Waals surface area contributed by atoms with Gasteiger partial charge in [-0.1, -0.05) is 26.7 Å². The molecule has 0 aliphatic heterocycles. The van der Waals surface area contributed by atoms with Crippen molar-refractivity contribution in [2.75, 3.05) is 6.61 Å². The first-order valence-electron chi connectivity index (χ1n) is 7.37. The molecule has 2 atom stereocenters. The van der Waals surface area contributed by atoms with Gasteiger partial charge in [0.25, 0.3) is 0 Å². The average Bonchev–Trinajstić information content (AvgIpc) is 2.31. The van der Waals surface area contributed by atoms with E-state index in [1.54, 1.807) is 27.7 Å². The van der Waals surface area contributed by atoms with Gasteiger partial charge in [-0.15, -0.1) is 0 Å². The minimum Gasteiger partial charge on any atom is -0.464 e. The molecule has 0 spiro atoms. The largest absolute Gasteiger partial charge is 0.464 e. The van der Waals surface area contributed by atoms with Crippen LogP contribution < -0.4 is 5.32 Å². The molecule has 1 N–H and O–H groups in total. The number of unbranched alkanes of at least 4 members (excludes halogenated alkanes) is 1. The lowest BCUT2D eigenvalue weighted by Crippen LogP contribution is -2.47. The zero-order valence-electron chi connectivity index (χ0n) is 13.6. The van der Waals surface area contributed by atoms with Crippen molar-refractivity contribution in [1.82, 2.24) is 5.32 Å². The van der Waals surface area contributed by atoms with E-state index in [9.17, 15) is 9.59 Å². The Kier molecular flexibility index (Phi) is 8.26. The minimum absolute atomic E-state index is 0.0153. The molecule has 0 saturated heterocycles. The Balaban J connectivity index is 4.68. The molecule has 5 heteroatoms. The average molecular weight is 287 g/mol. The van der Waals surface area contributed by atoms with Gasteiger partial charge in [0.2, 0.25) is 0 Å². The highest BCUT2D eigenvalue weighted by Gasteiger charge is 2.29. The van der Waals surface area contributed by atoms with E-state index >= 15 is 0 Å². The van der Waals surface area contributed by atoms with Gasteiger partial charge in [-0.2, -0.15) is 0 Å². The molecule has 5 nitrogen and oxygen atoms in total. The Morgan fingerprint density at radius 1 is 1.20 bits per heavy atom. The van der Waals surface area contributed by atoms with E-state index in [2.05, 4.69) is 12.2 Å². The predicted octanol–water partition coefficient (Wildman–Crippen LogP) is 3.27. The van der Waals surface area contributed by atoms with Crippen molar-refractivity contribution in [3.05, 3.63) is 0 Å². The summed E-state index contributed by atoms with van der Waals surface area (Å²) in [6.07, 6.45) is 2.33. The fourth-order valence-corrected chi connectivity index (χ4v) is 1.79. The highest BCUT2D eigenvalue weighted by molar-refractivity contribution is 5.81. The van der Waals surface area contributed by atoms with E-state index in [0.29, 0.717) is 6.61 Å². The van der Waals surface area contributed by atoms with Crippen molar-refractivity contribution in [2.45, 2.75) is 72.4 Å². The van der Waals surface area contributed by atoms with Gasteiger partial charge in [0, 0.05) is 0 Å². The molecule has 0 aromatic heterocycles. The van der Waals surface area contributed by atoms with Crippen LogP contribution in [0, 0.1) is 5.92 Å². The SMILES string of the molecule is CCCCC(C)C(NC(=O)OC(C)(C)C)C(=O)OCC. The van der Waals surface area contributed by atoms with Crippen LogP contribution in [0.5, 0.6) is 0 Å². The van der Waals surface area contributed by atoms with E-state index in [0.717, 1.165) is 19.3 Å². The molecule has 0 fully saturated rings. The number of hydrogen-bond acceptors (Lipinski definition) is 4. The molecule has 0 aromatic rings. The molecule has 0 aromatic carbocycles. The topological polar surface area (TPSA) is 64.6 Å². The van der Waals surface area contributed by atoms with Crippen LogP contribution >= 0.6 is 0 Å². The third-order valence-corrected chi connectivity index (χ3v) is 2.79. The van der Waals surface area contributed by atoms with Crippen LogP contribution in [0.1, 0.15) is 60.8 Å². The molecule has 20 heavy (non-hydrogen) atoms. The fraction of sp³-hybridized carbons (Fsp3) is 0.867. The molecule has 0 saturated carbocycles. The smallest absolute Gasteiger partial charge is 0.408 e. The molecular weight excluding hydrogens is 258 g/mol. The standard InChI is InChI=1S/C15H29NO4/c1-7-9-10-11(3)12(13(17)19-8-2)16-14(18)20-15(4,5)6/h11-12H,7-10H2,1-6H3,(H,16,18). The molecule has 118 valence electrons. The van der Waals surface area contributed by atoms with Crippen molar-refractivity contribution in [2.24, 2.45) is 5.92 Å². The maximum absolute atomic E-state index is 12.0. The molecule has 0 aliphatic carbocycles. The van der Waals surface area contributed by atoms with Crippen LogP contribution in [0.25, 0.3) is 0 Å². The number of nitrogens with one attached hydrogen (secondary N) is 1. The maximum Gasteiger partial charge on any atom is 0.408 e. The molecule has 2 unspecified atom stereocenters. The predicted molar refractivity (Wildman–Crippen MR) is 78.5 cm³/mol. The second-order valence-corrected chi connectivity index (χ2v) is 6.00. The van der Waals surface area contributed by atoms with Gasteiger partial charge in [0.15, 0.2) is 0 Å². The highest BCUT2D eigenvalue weighted by atomic mass is 16.6. The van der Waals surface area contributed by atoms with Crippen LogP contribution in [0.3, 0.4) is 0 Å². The van der Waals surface area contributed by atoms with Gasteiger partial charge in [0.1, 0.15) is 11.6 Å². The first-order chi connectivity index (χ1) is 9.21. The van der Waals surface area contributed by atoms with Gasteiger partial charge in [-0.3, -0.25) is 0 Å². The first kappa shape index (κ1) is 18.7. The fourth-order valence-electron chi connectivity index (χ4n) is 1.79. The monoisotopic (exact) mass is 287 g/mol. The van der Waals surface area contributed by atoms with Gasteiger partial charge >= 0.3 is 12.1 Å². The van der Waals surface area contributed by atoms with Crippen molar-refractivity contribution in [1.29, 1.82) is 0 Å². The third kappa shape index (κ3) is 8.02. The Labute approximate surface area is 122 Å².